The molecule has 1 aromatic rings. The molecule has 23 heavy (non-hydrogen) atoms. The molecule has 0 unspecified atom stereocenters. The van der Waals surface area contributed by atoms with Crippen LogP contribution in [0.5, 0.6) is 0 Å². The first-order valence-electron chi connectivity index (χ1n) is 6.71. The summed E-state index contributed by atoms with van der Waals surface area (Å²) in [7, 11) is 0. The maximum Gasteiger partial charge on any atom is 0.353 e. The Hall–Kier alpha value is -2.98. The third-order valence-electron chi connectivity index (χ3n) is 2.57. The lowest BCUT2D eigenvalue weighted by Crippen LogP contribution is -2.43. The van der Waals surface area contributed by atoms with Gasteiger partial charge in [-0.2, -0.15) is 0 Å². The highest BCUT2D eigenvalue weighted by Gasteiger charge is 2.30. The topological polar surface area (TPSA) is 154 Å². The highest BCUT2D eigenvalue weighted by atomic mass is 16.6. The average molecular weight is 328 g/mol. The summed E-state index contributed by atoms with van der Waals surface area (Å²) in [5.41, 5.74) is -0.506. The first kappa shape index (κ1) is 18.1. The Kier molecular flexibility index (Phi) is 6.65. The van der Waals surface area contributed by atoms with E-state index in [0.29, 0.717) is 0 Å². The van der Waals surface area contributed by atoms with Gasteiger partial charge in [0.2, 0.25) is 5.69 Å². The lowest BCUT2D eigenvalue weighted by molar-refractivity contribution is -0.389. The Morgan fingerprint density at radius 3 is 2.57 bits per heavy atom. The van der Waals surface area contributed by atoms with Gasteiger partial charge in [-0.3, -0.25) is 9.59 Å². The average Bonchev–Trinajstić information content (AvgIpc) is 2.96. The monoisotopic (exact) mass is 328 g/mol. The van der Waals surface area contributed by atoms with Gasteiger partial charge in [0, 0.05) is 0 Å². The molecule has 1 amide bonds. The van der Waals surface area contributed by atoms with Crippen molar-refractivity contribution < 1.29 is 28.8 Å². The molecule has 0 bridgehead atoms. The molecule has 1 aromatic heterocycles. The lowest BCUT2D eigenvalue weighted by Gasteiger charge is -2.15. The van der Waals surface area contributed by atoms with Crippen LogP contribution in [0.2, 0.25) is 0 Å². The maximum absolute atomic E-state index is 12.0. The number of nitrogens with one attached hydrogen (secondary N) is 2. The van der Waals surface area contributed by atoms with Crippen LogP contribution in [-0.2, 0) is 19.1 Å². The Morgan fingerprint density at radius 2 is 2.00 bits per heavy atom. The van der Waals surface area contributed by atoms with Crippen molar-refractivity contribution >= 4 is 23.7 Å². The van der Waals surface area contributed by atoms with E-state index in [0.717, 1.165) is 6.33 Å². The van der Waals surface area contributed by atoms with Gasteiger partial charge >= 0.3 is 17.8 Å². The molecule has 0 saturated heterocycles. The minimum Gasteiger partial charge on any atom is -0.466 e. The number of nitrogens with zero attached hydrogens (tertiary/aromatic N) is 2. The number of carbonyl (C=O) groups excluding carboxylic acids is 3. The van der Waals surface area contributed by atoms with Gasteiger partial charge in [0.15, 0.2) is 6.33 Å². The molecule has 11 heteroatoms. The smallest absolute Gasteiger partial charge is 0.353 e. The zero-order chi connectivity index (χ0) is 17.4. The number of hydrogen-bond acceptors (Lipinski definition) is 8. The van der Waals surface area contributed by atoms with Crippen LogP contribution in [-0.4, -0.2) is 52.0 Å². The Balaban J connectivity index is 2.88. The molecule has 1 atom stereocenters. The predicted molar refractivity (Wildman–Crippen MR) is 74.4 cm³/mol. The highest BCUT2D eigenvalue weighted by molar-refractivity contribution is 5.98. The number of hydrogen-bond donors (Lipinski definition) is 2. The maximum atomic E-state index is 12.0. The first-order chi connectivity index (χ1) is 10.9. The van der Waals surface area contributed by atoms with Crippen molar-refractivity contribution in [1.29, 1.82) is 0 Å². The number of amides is 1. The molecular formula is C12H16N4O7. The van der Waals surface area contributed by atoms with Gasteiger partial charge in [0.1, 0.15) is 6.04 Å². The number of aromatic nitrogens is 2. The lowest BCUT2D eigenvalue weighted by atomic mass is 10.2. The third-order valence-corrected chi connectivity index (χ3v) is 2.57. The minimum absolute atomic E-state index is 0.0383. The second-order valence-electron chi connectivity index (χ2n) is 4.14. The number of ether oxygens (including phenoxy) is 2. The number of nitro groups is 1. The fraction of sp³-hybridized carbons (Fsp3) is 0.500. The van der Waals surface area contributed by atoms with Crippen LogP contribution in [0.3, 0.4) is 0 Å². The van der Waals surface area contributed by atoms with Crippen molar-refractivity contribution in [2.24, 2.45) is 0 Å². The number of H-pyrrole nitrogens is 1. The van der Waals surface area contributed by atoms with Gasteiger partial charge in [-0.15, -0.1) is 0 Å². The summed E-state index contributed by atoms with van der Waals surface area (Å²) in [5, 5.41) is 12.9. The second kappa shape index (κ2) is 8.46. The van der Waals surface area contributed by atoms with E-state index in [4.69, 9.17) is 9.47 Å². The zero-order valence-electron chi connectivity index (χ0n) is 12.5. The molecule has 0 aromatic carbocycles. The van der Waals surface area contributed by atoms with Gasteiger partial charge in [0.25, 0.3) is 5.91 Å². The standard InChI is InChI=1S/C12H16N4O7/c1-3-22-8(17)5-7(12(19)23-4-2)15-11(18)9-10(16(20)21)14-6-13-9/h6-7H,3-5H2,1-2H3,(H,13,14)(H,15,18)/t7-/m0/s1. The van der Waals surface area contributed by atoms with E-state index in [1.807, 2.05) is 0 Å². The molecule has 0 fully saturated rings. The number of imidazole rings is 1. The molecule has 0 saturated carbocycles. The van der Waals surface area contributed by atoms with E-state index >= 15 is 0 Å². The third kappa shape index (κ3) is 5.05. The van der Waals surface area contributed by atoms with Crippen molar-refractivity contribution in [3.8, 4) is 0 Å². The summed E-state index contributed by atoms with van der Waals surface area (Å²) < 4.78 is 9.46. The van der Waals surface area contributed by atoms with Crippen LogP contribution >= 0.6 is 0 Å². The van der Waals surface area contributed by atoms with Crippen molar-refractivity contribution in [3.63, 3.8) is 0 Å². The molecule has 0 aliphatic carbocycles. The largest absolute Gasteiger partial charge is 0.466 e. The van der Waals surface area contributed by atoms with E-state index in [2.05, 4.69) is 15.3 Å². The predicted octanol–water partition coefficient (Wildman–Crippen LogP) is -0.0674. The van der Waals surface area contributed by atoms with Crippen LogP contribution < -0.4 is 5.32 Å². The Bertz CT molecular complexity index is 598. The zero-order valence-corrected chi connectivity index (χ0v) is 12.5. The van der Waals surface area contributed by atoms with Gasteiger partial charge < -0.3 is 24.9 Å². The molecule has 0 spiro atoms. The number of rotatable bonds is 8. The van der Waals surface area contributed by atoms with E-state index < -0.39 is 46.7 Å². The van der Waals surface area contributed by atoms with Crippen molar-refractivity contribution in [2.45, 2.75) is 26.3 Å². The molecule has 1 heterocycles. The van der Waals surface area contributed by atoms with Crippen LogP contribution in [0.15, 0.2) is 6.33 Å². The molecule has 0 aliphatic rings. The Labute approximate surface area is 130 Å². The fourth-order valence-electron chi connectivity index (χ4n) is 1.64. The SMILES string of the molecule is CCOC(=O)C[C@H](NC(=O)c1nc[nH]c1[N+](=O)[O-])C(=O)OCC. The van der Waals surface area contributed by atoms with Gasteiger partial charge in [0.05, 0.1) is 19.6 Å². The number of carbonyl (C=O) groups is 3. The minimum atomic E-state index is -1.34. The van der Waals surface area contributed by atoms with E-state index in [9.17, 15) is 24.5 Å². The van der Waals surface area contributed by atoms with E-state index in [-0.39, 0.29) is 13.2 Å². The normalized spacial score (nSPS) is 11.4. The molecule has 2 N–H and O–H groups in total. The van der Waals surface area contributed by atoms with E-state index in [1.54, 1.807) is 13.8 Å². The van der Waals surface area contributed by atoms with Crippen LogP contribution in [0.4, 0.5) is 5.82 Å². The molecule has 1 rings (SSSR count). The van der Waals surface area contributed by atoms with Crippen molar-refractivity contribution in [2.75, 3.05) is 13.2 Å². The molecular weight excluding hydrogens is 312 g/mol. The quantitative estimate of drug-likeness (QED) is 0.382. The van der Waals surface area contributed by atoms with Crippen LogP contribution in [0, 0.1) is 10.1 Å². The van der Waals surface area contributed by atoms with Gasteiger partial charge in [-0.25, -0.2) is 14.8 Å². The van der Waals surface area contributed by atoms with Crippen molar-refractivity contribution in [3.05, 3.63) is 22.1 Å². The summed E-state index contributed by atoms with van der Waals surface area (Å²) in [6, 6.07) is -1.34. The van der Waals surface area contributed by atoms with Crippen molar-refractivity contribution in [1.82, 2.24) is 15.3 Å². The Morgan fingerprint density at radius 1 is 1.35 bits per heavy atom. The summed E-state index contributed by atoms with van der Waals surface area (Å²) in [5.74, 6) is -3.18. The molecule has 0 radical (unpaired) electrons. The summed E-state index contributed by atoms with van der Waals surface area (Å²) in [4.78, 5) is 51.0. The molecule has 126 valence electrons. The molecule has 0 aliphatic heterocycles. The van der Waals surface area contributed by atoms with Crippen LogP contribution in [0.25, 0.3) is 0 Å². The second-order valence-corrected chi connectivity index (χ2v) is 4.14. The summed E-state index contributed by atoms with van der Waals surface area (Å²) >= 11 is 0. The van der Waals surface area contributed by atoms with E-state index in [1.165, 1.54) is 0 Å². The number of aromatic amines is 1. The van der Waals surface area contributed by atoms with Gasteiger partial charge in [-0.05, 0) is 18.8 Å². The fourth-order valence-corrected chi connectivity index (χ4v) is 1.64. The van der Waals surface area contributed by atoms with Crippen LogP contribution in [0.1, 0.15) is 30.8 Å². The summed E-state index contributed by atoms with van der Waals surface area (Å²) in [6.45, 7) is 3.28. The number of esters is 2. The first-order valence-corrected chi connectivity index (χ1v) is 6.71. The van der Waals surface area contributed by atoms with Gasteiger partial charge in [-0.1, -0.05) is 0 Å². The molecule has 11 nitrogen and oxygen atoms in total. The summed E-state index contributed by atoms with van der Waals surface area (Å²) in [6.07, 6.45) is 0.508. The highest BCUT2D eigenvalue weighted by Crippen LogP contribution is 2.12.